The molecule has 1 rings (SSSR count). The minimum absolute atomic E-state index is 0.00382. The molecule has 0 radical (unpaired) electrons. The average Bonchev–Trinajstić information content (AvgIpc) is 2.43. The van der Waals surface area contributed by atoms with Crippen LogP contribution in [-0.2, 0) is 10.9 Å². The SMILES string of the molecule is CC(C)(C)C1CCN([SH](=O)=O)C1C(C)(C)C. The highest BCUT2D eigenvalue weighted by atomic mass is 32.2. The van der Waals surface area contributed by atoms with Gasteiger partial charge in [0.15, 0.2) is 0 Å². The summed E-state index contributed by atoms with van der Waals surface area (Å²) in [5, 5.41) is 0. The molecule has 96 valence electrons. The Balaban J connectivity index is 3.07. The van der Waals surface area contributed by atoms with Gasteiger partial charge in [-0.3, -0.25) is 0 Å². The lowest BCUT2D eigenvalue weighted by molar-refractivity contribution is 0.107. The zero-order chi connectivity index (χ0) is 12.7. The van der Waals surface area contributed by atoms with E-state index >= 15 is 0 Å². The van der Waals surface area contributed by atoms with Crippen molar-refractivity contribution < 1.29 is 8.42 Å². The van der Waals surface area contributed by atoms with Gasteiger partial charge in [0.2, 0.25) is 10.9 Å². The fourth-order valence-corrected chi connectivity index (χ4v) is 3.91. The average molecular weight is 247 g/mol. The Labute approximate surface area is 101 Å². The molecule has 0 saturated carbocycles. The number of rotatable bonds is 1. The Morgan fingerprint density at radius 2 is 1.50 bits per heavy atom. The number of thiol groups is 1. The number of hydrogen-bond acceptors (Lipinski definition) is 2. The van der Waals surface area contributed by atoms with Crippen molar-refractivity contribution in [2.75, 3.05) is 6.54 Å². The third-order valence-corrected chi connectivity index (χ3v) is 4.45. The first-order chi connectivity index (χ1) is 7.05. The van der Waals surface area contributed by atoms with E-state index in [4.69, 9.17) is 0 Å². The molecule has 1 fully saturated rings. The molecule has 0 aromatic carbocycles. The maximum Gasteiger partial charge on any atom is 0.204 e. The Kier molecular flexibility index (Phi) is 3.75. The minimum Gasteiger partial charge on any atom is -0.215 e. The highest BCUT2D eigenvalue weighted by Crippen LogP contribution is 2.45. The molecule has 2 atom stereocenters. The molecule has 0 aromatic heterocycles. The molecule has 0 N–H and O–H groups in total. The molecule has 1 aliphatic heterocycles. The third kappa shape index (κ3) is 2.77. The molecule has 1 aliphatic rings. The van der Waals surface area contributed by atoms with Crippen LogP contribution >= 0.6 is 0 Å². The monoisotopic (exact) mass is 247 g/mol. The summed E-state index contributed by atoms with van der Waals surface area (Å²) in [6.45, 7) is 13.7. The number of hydrogen-bond donors (Lipinski definition) is 1. The summed E-state index contributed by atoms with van der Waals surface area (Å²) >= 11 is 0. The normalized spacial score (nSPS) is 28.9. The van der Waals surface area contributed by atoms with Gasteiger partial charge >= 0.3 is 0 Å². The van der Waals surface area contributed by atoms with Crippen molar-refractivity contribution in [1.82, 2.24) is 4.31 Å². The fourth-order valence-electron chi connectivity index (χ4n) is 2.92. The van der Waals surface area contributed by atoms with Crippen molar-refractivity contribution >= 4 is 10.9 Å². The standard InChI is InChI=1S/C12H25NO2S/c1-11(2,3)9-7-8-13(16(14)15)10(9)12(4,5)6/h9-10,16H,7-8H2,1-6H3. The Bertz CT molecular complexity index is 315. The summed E-state index contributed by atoms with van der Waals surface area (Å²) < 4.78 is 24.3. The van der Waals surface area contributed by atoms with Gasteiger partial charge in [-0.15, -0.1) is 0 Å². The van der Waals surface area contributed by atoms with Gasteiger partial charge in [0, 0.05) is 12.6 Å². The Hall–Kier alpha value is -0.0900. The van der Waals surface area contributed by atoms with Crippen molar-refractivity contribution in [3.63, 3.8) is 0 Å². The molecule has 0 aliphatic carbocycles. The highest BCUT2D eigenvalue weighted by molar-refractivity contribution is 7.69. The van der Waals surface area contributed by atoms with Crippen LogP contribution in [0.2, 0.25) is 0 Å². The Morgan fingerprint density at radius 1 is 1.00 bits per heavy atom. The van der Waals surface area contributed by atoms with E-state index in [-0.39, 0.29) is 16.9 Å². The first-order valence-corrected chi connectivity index (χ1v) is 7.09. The van der Waals surface area contributed by atoms with Gasteiger partial charge in [-0.25, -0.2) is 12.7 Å². The summed E-state index contributed by atoms with van der Waals surface area (Å²) in [5.41, 5.74) is 0.169. The van der Waals surface area contributed by atoms with Gasteiger partial charge in [0.05, 0.1) is 0 Å². The molecular formula is C12H25NO2S. The minimum atomic E-state index is -2.45. The summed E-state index contributed by atoms with van der Waals surface area (Å²) in [4.78, 5) is 0. The second-order valence-electron chi connectivity index (χ2n) is 6.97. The zero-order valence-electron chi connectivity index (χ0n) is 11.3. The van der Waals surface area contributed by atoms with Gasteiger partial charge in [-0.05, 0) is 23.2 Å². The van der Waals surface area contributed by atoms with E-state index < -0.39 is 10.9 Å². The smallest absolute Gasteiger partial charge is 0.204 e. The van der Waals surface area contributed by atoms with Crippen LogP contribution in [0, 0.1) is 16.7 Å². The maximum absolute atomic E-state index is 11.3. The topological polar surface area (TPSA) is 37.4 Å². The molecule has 2 unspecified atom stereocenters. The van der Waals surface area contributed by atoms with Crippen LogP contribution in [0.15, 0.2) is 0 Å². The lowest BCUT2D eigenvalue weighted by atomic mass is 9.69. The van der Waals surface area contributed by atoms with Crippen LogP contribution in [0.1, 0.15) is 48.0 Å². The van der Waals surface area contributed by atoms with Crippen LogP contribution in [0.5, 0.6) is 0 Å². The van der Waals surface area contributed by atoms with E-state index in [1.54, 1.807) is 4.31 Å². The van der Waals surface area contributed by atoms with Crippen LogP contribution in [-0.4, -0.2) is 25.3 Å². The second-order valence-corrected chi connectivity index (χ2v) is 7.96. The third-order valence-electron chi connectivity index (χ3n) is 3.58. The molecule has 0 aromatic rings. The first-order valence-electron chi connectivity index (χ1n) is 5.96. The van der Waals surface area contributed by atoms with Crippen LogP contribution in [0.25, 0.3) is 0 Å². The van der Waals surface area contributed by atoms with Crippen molar-refractivity contribution in [1.29, 1.82) is 0 Å². The van der Waals surface area contributed by atoms with Gasteiger partial charge in [0.1, 0.15) is 0 Å². The van der Waals surface area contributed by atoms with Crippen molar-refractivity contribution in [2.45, 2.75) is 54.0 Å². The van der Waals surface area contributed by atoms with Crippen LogP contribution in [0.4, 0.5) is 0 Å². The molecule has 0 spiro atoms. The van der Waals surface area contributed by atoms with Gasteiger partial charge < -0.3 is 0 Å². The van der Waals surface area contributed by atoms with E-state index in [2.05, 4.69) is 41.5 Å². The fraction of sp³-hybridized carbons (Fsp3) is 1.00. The second kappa shape index (κ2) is 4.30. The maximum atomic E-state index is 11.3. The van der Waals surface area contributed by atoms with Crippen molar-refractivity contribution in [2.24, 2.45) is 16.7 Å². The van der Waals surface area contributed by atoms with Gasteiger partial charge in [-0.2, -0.15) is 0 Å². The zero-order valence-corrected chi connectivity index (χ0v) is 12.2. The number of nitrogens with zero attached hydrogens (tertiary/aromatic N) is 1. The van der Waals surface area contributed by atoms with Crippen molar-refractivity contribution in [3.05, 3.63) is 0 Å². The molecule has 0 bridgehead atoms. The summed E-state index contributed by atoms with van der Waals surface area (Å²) in [6, 6.07) is 0.133. The van der Waals surface area contributed by atoms with E-state index in [1.165, 1.54) is 0 Å². The lowest BCUT2D eigenvalue weighted by Crippen LogP contribution is -2.45. The summed E-state index contributed by atoms with van der Waals surface area (Å²) in [6.07, 6.45) is 0.981. The molecule has 4 heteroatoms. The molecule has 16 heavy (non-hydrogen) atoms. The van der Waals surface area contributed by atoms with E-state index in [0.717, 1.165) is 6.42 Å². The van der Waals surface area contributed by atoms with Crippen molar-refractivity contribution in [3.8, 4) is 0 Å². The largest absolute Gasteiger partial charge is 0.215 e. The summed E-state index contributed by atoms with van der Waals surface area (Å²) in [5.74, 6) is 0.445. The highest BCUT2D eigenvalue weighted by Gasteiger charge is 2.47. The molecule has 3 nitrogen and oxygen atoms in total. The van der Waals surface area contributed by atoms with E-state index in [1.807, 2.05) is 0 Å². The molecule has 1 heterocycles. The molecule has 1 saturated heterocycles. The van der Waals surface area contributed by atoms with Crippen LogP contribution in [0.3, 0.4) is 0 Å². The molecular weight excluding hydrogens is 222 g/mol. The summed E-state index contributed by atoms with van der Waals surface area (Å²) in [7, 11) is -2.45. The van der Waals surface area contributed by atoms with Gasteiger partial charge in [0.25, 0.3) is 0 Å². The Morgan fingerprint density at radius 3 is 1.81 bits per heavy atom. The van der Waals surface area contributed by atoms with Crippen LogP contribution < -0.4 is 0 Å². The predicted molar refractivity (Wildman–Crippen MR) is 67.8 cm³/mol. The predicted octanol–water partition coefficient (Wildman–Crippen LogP) is 2.30. The quantitative estimate of drug-likeness (QED) is 0.722. The first kappa shape index (κ1) is 14.0. The van der Waals surface area contributed by atoms with Gasteiger partial charge in [-0.1, -0.05) is 41.5 Å². The lowest BCUT2D eigenvalue weighted by Gasteiger charge is -2.41. The van der Waals surface area contributed by atoms with E-state index in [9.17, 15) is 8.42 Å². The van der Waals surface area contributed by atoms with E-state index in [0.29, 0.717) is 12.5 Å². The molecule has 0 amide bonds.